The number of rotatable bonds is 3. The third kappa shape index (κ3) is 3.24. The van der Waals surface area contributed by atoms with Crippen LogP contribution >= 0.6 is 0 Å². The van der Waals surface area contributed by atoms with Gasteiger partial charge < -0.3 is 4.42 Å². The minimum absolute atomic E-state index is 0.130. The van der Waals surface area contributed by atoms with Crippen molar-refractivity contribution in [3.63, 3.8) is 0 Å². The first-order valence-corrected chi connectivity index (χ1v) is 13.7. The number of para-hydroxylation sites is 1. The second kappa shape index (κ2) is 8.55. The molecule has 0 amide bonds. The smallest absolute Gasteiger partial charge is 0.143 e. The molecule has 1 heteroatoms. The van der Waals surface area contributed by atoms with Crippen LogP contribution in [-0.4, -0.2) is 0 Å². The highest BCUT2D eigenvalue weighted by atomic mass is 16.3. The first-order valence-electron chi connectivity index (χ1n) is 16.2. The standard InChI is InChI=1S/C40H24O/c1-3-9-25(10-4-1)29-19-15-27-18-22-33-31(20-16-28-17-21-32(29)37(27)38(28)33)34-24-23-30(26-11-5-2-6-12-26)40-39(34)35-13-7-8-14-36(35)41-40/h1-24H/i2D,5D,6D,11D,12D. The van der Waals surface area contributed by atoms with Crippen molar-refractivity contribution in [2.24, 2.45) is 0 Å². The second-order valence-electron chi connectivity index (χ2n) is 10.5. The van der Waals surface area contributed by atoms with E-state index in [2.05, 4.69) is 72.8 Å². The molecule has 190 valence electrons. The third-order valence-corrected chi connectivity index (χ3v) is 8.34. The molecule has 8 aromatic carbocycles. The predicted molar refractivity (Wildman–Crippen MR) is 174 cm³/mol. The van der Waals surface area contributed by atoms with Crippen LogP contribution < -0.4 is 0 Å². The minimum Gasteiger partial charge on any atom is -0.455 e. The van der Waals surface area contributed by atoms with Crippen LogP contribution in [0.4, 0.5) is 0 Å². The summed E-state index contributed by atoms with van der Waals surface area (Å²) in [6.45, 7) is 0. The van der Waals surface area contributed by atoms with E-state index in [1.54, 1.807) is 0 Å². The second-order valence-corrected chi connectivity index (χ2v) is 10.5. The Labute approximate surface area is 244 Å². The van der Waals surface area contributed by atoms with E-state index >= 15 is 0 Å². The molecular formula is C40H24O. The summed E-state index contributed by atoms with van der Waals surface area (Å²) in [5.74, 6) is 0. The lowest BCUT2D eigenvalue weighted by Crippen LogP contribution is -1.90. The molecule has 0 spiro atoms. The van der Waals surface area contributed by atoms with Gasteiger partial charge in [-0.2, -0.15) is 0 Å². The Morgan fingerprint density at radius 2 is 1.02 bits per heavy atom. The zero-order chi connectivity index (χ0) is 31.3. The zero-order valence-electron chi connectivity index (χ0n) is 26.9. The molecule has 1 heterocycles. The Kier molecular flexibility index (Phi) is 3.76. The van der Waals surface area contributed by atoms with E-state index in [0.717, 1.165) is 32.7 Å². The summed E-state index contributed by atoms with van der Waals surface area (Å²) in [7, 11) is 0. The van der Waals surface area contributed by atoms with Gasteiger partial charge in [0, 0.05) is 16.3 Å². The molecule has 0 aliphatic carbocycles. The molecule has 0 saturated heterocycles. The fourth-order valence-corrected chi connectivity index (χ4v) is 6.54. The summed E-state index contributed by atoms with van der Waals surface area (Å²) in [5.41, 5.74) is 6.13. The van der Waals surface area contributed by atoms with Gasteiger partial charge in [-0.05, 0) is 72.3 Å². The first kappa shape index (κ1) is 18.0. The van der Waals surface area contributed by atoms with Gasteiger partial charge in [-0.1, -0.05) is 133 Å². The van der Waals surface area contributed by atoms with E-state index in [0.29, 0.717) is 16.7 Å². The summed E-state index contributed by atoms with van der Waals surface area (Å²) >= 11 is 0. The van der Waals surface area contributed by atoms with Crippen molar-refractivity contribution in [2.75, 3.05) is 0 Å². The molecule has 0 radical (unpaired) electrons. The van der Waals surface area contributed by atoms with Gasteiger partial charge in [-0.3, -0.25) is 0 Å². The quantitative estimate of drug-likeness (QED) is 0.209. The predicted octanol–water partition coefficient (Wildman–Crippen LogP) is 11.5. The van der Waals surface area contributed by atoms with Gasteiger partial charge in [-0.25, -0.2) is 0 Å². The average molecular weight is 526 g/mol. The van der Waals surface area contributed by atoms with Crippen LogP contribution in [0, 0.1) is 0 Å². The van der Waals surface area contributed by atoms with Crippen LogP contribution in [0.3, 0.4) is 0 Å². The number of hydrogen-bond donors (Lipinski definition) is 0. The molecular weight excluding hydrogens is 496 g/mol. The fraction of sp³-hybridized carbons (Fsp3) is 0. The van der Waals surface area contributed by atoms with Gasteiger partial charge >= 0.3 is 0 Å². The largest absolute Gasteiger partial charge is 0.455 e. The van der Waals surface area contributed by atoms with Crippen molar-refractivity contribution >= 4 is 54.3 Å². The fourth-order valence-electron chi connectivity index (χ4n) is 6.54. The Morgan fingerprint density at radius 1 is 0.415 bits per heavy atom. The molecule has 0 aliphatic rings. The van der Waals surface area contributed by atoms with E-state index in [1.165, 1.54) is 32.7 Å². The molecule has 0 atom stereocenters. The molecule has 0 saturated carbocycles. The van der Waals surface area contributed by atoms with E-state index < -0.39 is 6.04 Å². The average Bonchev–Trinajstić information content (AvgIpc) is 3.49. The number of benzene rings is 8. The highest BCUT2D eigenvalue weighted by Gasteiger charge is 2.20. The van der Waals surface area contributed by atoms with Crippen LogP contribution in [0.1, 0.15) is 6.85 Å². The Balaban J connectivity index is 1.38. The maximum atomic E-state index is 8.69. The Morgan fingerprint density at radius 3 is 1.80 bits per heavy atom. The van der Waals surface area contributed by atoms with Gasteiger partial charge in [0.1, 0.15) is 11.2 Å². The Bertz CT molecular complexity index is 2660. The monoisotopic (exact) mass is 525 g/mol. The SMILES string of the molecule is [2H]c1c([2H])c([2H])c(-c2ccc(-c3ccc4ccc5c(-c6ccccc6)ccc6ccc3c4c65)c3c2oc2ccccc23)c([2H])c1[2H]. The molecule has 0 fully saturated rings. The third-order valence-electron chi connectivity index (χ3n) is 8.34. The summed E-state index contributed by atoms with van der Waals surface area (Å²) in [5, 5.41) is 8.82. The van der Waals surface area contributed by atoms with Gasteiger partial charge in [-0.15, -0.1) is 0 Å². The molecule has 1 aromatic heterocycles. The van der Waals surface area contributed by atoms with Crippen molar-refractivity contribution in [1.29, 1.82) is 0 Å². The summed E-state index contributed by atoms with van der Waals surface area (Å²) in [6, 6.07) is 38.0. The van der Waals surface area contributed by atoms with E-state index in [9.17, 15) is 0 Å². The van der Waals surface area contributed by atoms with E-state index in [4.69, 9.17) is 11.3 Å². The van der Waals surface area contributed by atoms with E-state index in [1.807, 2.05) is 42.5 Å². The molecule has 41 heavy (non-hydrogen) atoms. The van der Waals surface area contributed by atoms with Crippen molar-refractivity contribution in [3.8, 4) is 33.4 Å². The van der Waals surface area contributed by atoms with Crippen LogP contribution in [0.2, 0.25) is 0 Å². The number of furan rings is 1. The molecule has 9 aromatic rings. The molecule has 1 nitrogen and oxygen atoms in total. The number of fused-ring (bicyclic) bond motifs is 3. The van der Waals surface area contributed by atoms with Gasteiger partial charge in [0.15, 0.2) is 0 Å². The van der Waals surface area contributed by atoms with E-state index in [-0.39, 0.29) is 29.7 Å². The van der Waals surface area contributed by atoms with Crippen LogP contribution in [0.15, 0.2) is 150 Å². The zero-order valence-corrected chi connectivity index (χ0v) is 21.9. The summed E-state index contributed by atoms with van der Waals surface area (Å²) < 4.78 is 48.6. The van der Waals surface area contributed by atoms with Crippen LogP contribution in [-0.2, 0) is 0 Å². The number of hydrogen-bond acceptors (Lipinski definition) is 1. The molecule has 9 rings (SSSR count). The van der Waals surface area contributed by atoms with Crippen LogP contribution in [0.5, 0.6) is 0 Å². The van der Waals surface area contributed by atoms with Gasteiger partial charge in [0.25, 0.3) is 0 Å². The maximum absolute atomic E-state index is 8.69. The topological polar surface area (TPSA) is 13.1 Å². The van der Waals surface area contributed by atoms with Crippen molar-refractivity contribution in [1.82, 2.24) is 0 Å². The summed E-state index contributed by atoms with van der Waals surface area (Å²) in [4.78, 5) is 0. The normalized spacial score (nSPS) is 13.6. The highest BCUT2D eigenvalue weighted by molar-refractivity contribution is 6.29. The lowest BCUT2D eigenvalue weighted by Gasteiger charge is -2.17. The Hall–Kier alpha value is -5.40. The van der Waals surface area contributed by atoms with Crippen molar-refractivity contribution in [2.45, 2.75) is 0 Å². The highest BCUT2D eigenvalue weighted by Crippen LogP contribution is 2.46. The minimum atomic E-state index is -0.416. The first-order chi connectivity index (χ1) is 22.4. The molecule has 0 N–H and O–H groups in total. The van der Waals surface area contributed by atoms with Crippen LogP contribution in [0.25, 0.3) is 87.6 Å². The maximum Gasteiger partial charge on any atom is 0.143 e. The lowest BCUT2D eigenvalue weighted by atomic mass is 9.86. The lowest BCUT2D eigenvalue weighted by molar-refractivity contribution is 0.670. The summed E-state index contributed by atoms with van der Waals surface area (Å²) in [6.07, 6.45) is 0. The van der Waals surface area contributed by atoms with Crippen molar-refractivity contribution in [3.05, 3.63) is 145 Å². The molecule has 0 unspecified atom stereocenters. The molecule has 0 aliphatic heterocycles. The van der Waals surface area contributed by atoms with Gasteiger partial charge in [0.05, 0.1) is 6.85 Å². The van der Waals surface area contributed by atoms with Crippen molar-refractivity contribution < 1.29 is 11.3 Å². The van der Waals surface area contributed by atoms with Gasteiger partial charge in [0.2, 0.25) is 0 Å². The molecule has 0 bridgehead atoms.